The summed E-state index contributed by atoms with van der Waals surface area (Å²) in [5.41, 5.74) is 8.82. The number of rotatable bonds is 17. The summed E-state index contributed by atoms with van der Waals surface area (Å²) in [5, 5.41) is 28.9. The monoisotopic (exact) mass is 1790 g/mol. The third-order valence-corrected chi connectivity index (χ3v) is 18.8. The minimum absolute atomic E-state index is 0.0109. The Bertz CT molecular complexity index is 7370. The van der Waals surface area contributed by atoms with Crippen molar-refractivity contribution >= 4 is 28.2 Å². The van der Waals surface area contributed by atoms with E-state index in [2.05, 4.69) is 110 Å². The predicted molar refractivity (Wildman–Crippen MR) is 417 cm³/mol. The van der Waals surface area contributed by atoms with Gasteiger partial charge in [-0.3, -0.25) is 25.5 Å². The van der Waals surface area contributed by atoms with Crippen LogP contribution in [-0.2, 0) is 50.4 Å². The zero-order valence-electron chi connectivity index (χ0n) is 65.3. The first-order chi connectivity index (χ1) is 61.8. The first kappa shape index (κ1) is 86.2. The first-order valence-electron chi connectivity index (χ1n) is 37.6. The number of benzene rings is 5. The molecule has 129 heavy (non-hydrogen) atoms. The maximum Gasteiger partial charge on any atom is 0.461 e. The van der Waals surface area contributed by atoms with Gasteiger partial charge in [0, 0.05) is 125 Å². The van der Waals surface area contributed by atoms with E-state index in [1.54, 1.807) is 116 Å². The summed E-state index contributed by atoms with van der Waals surface area (Å²) in [6, 6.07) is 31.0. The Kier molecular flexibility index (Phi) is 23.9. The number of alkyl halides is 13. The molecule has 48 heteroatoms. The van der Waals surface area contributed by atoms with Crippen molar-refractivity contribution < 1.29 is 79.0 Å². The standard InChI is InChI=1S/C17H10F6N6.2C16H10F4N6.C16H11F3N6.C16H13FN6/c18-10-4-2-1-3-9(10)7-11-14-24-5-6-29(14)8-12(25-11)13-26-15(28-27-13)16(19,20)17(21,22)23;17-10-3-1-2-9(6-10)7-11-14-21-4-5-26(14)8-12(22-11)13-23-15(25-24-13)16(18,19)20;17-10-4-2-1-3-9(10)7-11-14-21-5-6-26(14)8-12(22-11)13-23-15(25-24-13)16(18,19)20;17-10-3-1-2-9(6-10)7-11-16-20-4-5-25(16)8-12(21-11)14-22-15(13(18)19)24-23-14;1-10-19-15(22-21-10)14-9-23-7-6-18-16(23)13(20-14)8-11-4-2-3-5-12(11)17/h1-6,8H,7H2,(H,26,27,28);2*1-6,8H,7H2,(H,23,24,25);1-6,8,13H,7H2,(H,22,23,24);2-7,9H,8H2,1H3,(H,19,21,22). The van der Waals surface area contributed by atoms with Crippen LogP contribution in [0.2, 0.25) is 0 Å². The Balaban J connectivity index is 0.000000118. The molecule has 20 aromatic rings. The lowest BCUT2D eigenvalue weighted by Crippen LogP contribution is -2.34. The summed E-state index contributed by atoms with van der Waals surface area (Å²) < 4.78 is 243. The molecule has 0 amide bonds. The molecule has 15 aromatic heterocycles. The summed E-state index contributed by atoms with van der Waals surface area (Å²) >= 11 is 0. The van der Waals surface area contributed by atoms with E-state index in [4.69, 9.17) is 0 Å². The average Bonchev–Trinajstić information content (AvgIpc) is 1.62. The number of hydrogen-bond acceptors (Lipinski definition) is 20. The number of hydrogen-bond donors (Lipinski definition) is 5. The summed E-state index contributed by atoms with van der Waals surface area (Å²) in [5.74, 6) is -11.2. The van der Waals surface area contributed by atoms with Crippen LogP contribution < -0.4 is 0 Å². The van der Waals surface area contributed by atoms with Crippen LogP contribution in [0.5, 0.6) is 0 Å². The highest BCUT2D eigenvalue weighted by Crippen LogP contribution is 2.43. The van der Waals surface area contributed by atoms with Crippen molar-refractivity contribution in [2.75, 3.05) is 0 Å². The molecule has 0 aliphatic heterocycles. The fraction of sp³-hybridized carbons (Fsp3) is 0.136. The highest BCUT2D eigenvalue weighted by molar-refractivity contribution is 5.61. The van der Waals surface area contributed by atoms with Crippen LogP contribution in [-0.4, -0.2) is 154 Å². The summed E-state index contributed by atoms with van der Waals surface area (Å²) in [6.07, 6.45) is 7.00. The van der Waals surface area contributed by atoms with Crippen LogP contribution in [0.1, 0.15) is 91.8 Å². The van der Waals surface area contributed by atoms with Crippen molar-refractivity contribution in [3.63, 3.8) is 0 Å². The van der Waals surface area contributed by atoms with Gasteiger partial charge < -0.3 is 22.0 Å². The lowest BCUT2D eigenvalue weighted by atomic mass is 10.1. The van der Waals surface area contributed by atoms with Gasteiger partial charge in [0.15, 0.2) is 34.1 Å². The molecule has 0 fully saturated rings. The molecule has 0 saturated carbocycles. The van der Waals surface area contributed by atoms with Crippen LogP contribution in [0.4, 0.5) is 79.0 Å². The van der Waals surface area contributed by atoms with Crippen LogP contribution in [0.3, 0.4) is 0 Å². The quantitative estimate of drug-likeness (QED) is 0.0529. The normalized spacial score (nSPS) is 11.9. The van der Waals surface area contributed by atoms with Crippen molar-refractivity contribution in [1.29, 1.82) is 0 Å². The average molecular weight is 1790 g/mol. The molecule has 0 aliphatic rings. The van der Waals surface area contributed by atoms with Gasteiger partial charge in [0.2, 0.25) is 46.6 Å². The van der Waals surface area contributed by atoms with Crippen LogP contribution in [0, 0.1) is 36.0 Å². The number of aryl methyl sites for hydroxylation is 1. The fourth-order valence-electron chi connectivity index (χ4n) is 12.9. The number of fused-ring (bicyclic) bond motifs is 5. The van der Waals surface area contributed by atoms with Gasteiger partial charge >= 0.3 is 24.5 Å². The van der Waals surface area contributed by atoms with E-state index < -0.39 is 71.6 Å². The smallest absolute Gasteiger partial charge is 0.303 e. The summed E-state index contributed by atoms with van der Waals surface area (Å²) in [4.78, 5) is 61.2. The van der Waals surface area contributed by atoms with E-state index in [1.807, 2.05) is 40.0 Å². The van der Waals surface area contributed by atoms with Gasteiger partial charge in [0.1, 0.15) is 63.4 Å². The molecule has 0 radical (unpaired) electrons. The lowest BCUT2D eigenvalue weighted by molar-refractivity contribution is -0.292. The second kappa shape index (κ2) is 35.7. The topological polar surface area (TPSA) is 359 Å². The second-order valence-electron chi connectivity index (χ2n) is 27.8. The minimum atomic E-state index is -5.83. The molecular weight excluding hydrogens is 1740 g/mol. The van der Waals surface area contributed by atoms with Crippen LogP contribution in [0.15, 0.2) is 214 Å². The number of halogens is 18. The number of H-pyrrole nitrogens is 5. The molecule has 654 valence electrons. The molecule has 5 N–H and O–H groups in total. The predicted octanol–water partition coefficient (Wildman–Crippen LogP) is 16.2. The van der Waals surface area contributed by atoms with Crippen LogP contribution in [0.25, 0.3) is 85.8 Å². The lowest BCUT2D eigenvalue weighted by Gasteiger charge is -2.16. The second-order valence-corrected chi connectivity index (χ2v) is 27.8. The zero-order valence-corrected chi connectivity index (χ0v) is 65.3. The Morgan fingerprint density at radius 1 is 0.318 bits per heavy atom. The Hall–Kier alpha value is -16.4. The molecule has 0 bridgehead atoms. The first-order valence-corrected chi connectivity index (χ1v) is 37.6. The molecule has 30 nitrogen and oxygen atoms in total. The molecule has 20 rings (SSSR count). The van der Waals surface area contributed by atoms with E-state index in [1.165, 1.54) is 102 Å². The van der Waals surface area contributed by atoms with Crippen molar-refractivity contribution in [1.82, 2.24) is 148 Å². The van der Waals surface area contributed by atoms with Gasteiger partial charge in [-0.1, -0.05) is 78.9 Å². The highest BCUT2D eigenvalue weighted by atomic mass is 19.4. The van der Waals surface area contributed by atoms with Crippen LogP contribution >= 0.6 is 0 Å². The summed E-state index contributed by atoms with van der Waals surface area (Å²) in [7, 11) is 0. The zero-order chi connectivity index (χ0) is 90.6. The summed E-state index contributed by atoms with van der Waals surface area (Å²) in [6.45, 7) is 1.83. The van der Waals surface area contributed by atoms with Gasteiger partial charge in [-0.25, -0.2) is 105 Å². The molecule has 0 unspecified atom stereocenters. The minimum Gasteiger partial charge on any atom is -0.303 e. The van der Waals surface area contributed by atoms with E-state index in [0.717, 1.165) is 5.56 Å². The molecule has 15 heterocycles. The maximum absolute atomic E-state index is 14.0. The van der Waals surface area contributed by atoms with E-state index >= 15 is 0 Å². The van der Waals surface area contributed by atoms with Crippen molar-refractivity contribution in [2.24, 2.45) is 0 Å². The molecular formula is C81H54F18N30. The van der Waals surface area contributed by atoms with E-state index in [0.29, 0.717) is 109 Å². The Morgan fingerprint density at radius 3 is 0.899 bits per heavy atom. The van der Waals surface area contributed by atoms with Crippen molar-refractivity contribution in [3.8, 4) is 57.6 Å². The number of imidazole rings is 5. The maximum atomic E-state index is 14.0. The molecule has 0 atom stereocenters. The van der Waals surface area contributed by atoms with Gasteiger partial charge in [-0.05, 0) is 77.2 Å². The van der Waals surface area contributed by atoms with E-state index in [-0.39, 0.29) is 77.0 Å². The number of nitrogens with one attached hydrogen (secondary N) is 5. The SMILES string of the molecule is Cc1nc(-c2cn3ccnc3c(Cc3ccccc3F)n2)n[nH]1.Fc1cccc(Cc2nc(-c3n[nH]c(C(F)(F)F)n3)cn3ccnc23)c1.Fc1cccc(Cc2nc(-c3n[nH]c(C(F)F)n3)cn3ccnc23)c1.Fc1ccccc1Cc1nc(-c2n[nH]c(C(F)(F)C(F)(F)F)n2)cn2ccnc12.Fc1ccccc1Cc1nc(-c2n[nH]c(C(F)(F)F)n2)cn2ccnc12. The third-order valence-electron chi connectivity index (χ3n) is 18.8. The number of aromatic amines is 5. The van der Waals surface area contributed by atoms with E-state index in [9.17, 15) is 79.0 Å². The largest absolute Gasteiger partial charge is 0.461 e. The Labute approximate surface area is 708 Å². The molecule has 5 aromatic carbocycles. The third kappa shape index (κ3) is 19.5. The van der Waals surface area contributed by atoms with Gasteiger partial charge in [0.05, 0.1) is 28.5 Å². The fourth-order valence-corrected chi connectivity index (χ4v) is 12.9. The van der Waals surface area contributed by atoms with Crippen molar-refractivity contribution in [3.05, 3.63) is 329 Å². The highest BCUT2D eigenvalue weighted by Gasteiger charge is 2.61. The number of nitrogens with zero attached hydrogens (tertiary/aromatic N) is 25. The molecule has 0 saturated heterocycles. The molecule has 0 aliphatic carbocycles. The molecule has 0 spiro atoms. The van der Waals surface area contributed by atoms with Crippen molar-refractivity contribution in [2.45, 2.75) is 69.9 Å². The van der Waals surface area contributed by atoms with Gasteiger partial charge in [-0.15, -0.1) is 0 Å². The van der Waals surface area contributed by atoms with Gasteiger partial charge in [0.25, 0.3) is 6.43 Å². The van der Waals surface area contributed by atoms with Gasteiger partial charge in [-0.2, -0.15) is 73.8 Å². The Morgan fingerprint density at radius 2 is 0.612 bits per heavy atom. The number of aromatic nitrogens is 30.